The highest BCUT2D eigenvalue weighted by Crippen LogP contribution is 2.67. The van der Waals surface area contributed by atoms with E-state index in [1.165, 1.54) is 46.6 Å². The van der Waals surface area contributed by atoms with Crippen molar-refractivity contribution in [2.75, 3.05) is 56.7 Å². The van der Waals surface area contributed by atoms with Gasteiger partial charge in [0.2, 0.25) is 0 Å². The number of para-hydroxylation sites is 3. The normalized spacial score (nSPS) is 37.9. The summed E-state index contributed by atoms with van der Waals surface area (Å²) >= 11 is 0. The highest BCUT2D eigenvalue weighted by Gasteiger charge is 2.71. The van der Waals surface area contributed by atoms with Gasteiger partial charge in [0.1, 0.15) is 0 Å². The van der Waals surface area contributed by atoms with E-state index in [2.05, 4.69) is 119 Å². The van der Waals surface area contributed by atoms with Gasteiger partial charge in [-0.05, 0) is 74.8 Å². The minimum atomic E-state index is -0.0581. The van der Waals surface area contributed by atoms with Crippen LogP contribution in [0.2, 0.25) is 0 Å². The summed E-state index contributed by atoms with van der Waals surface area (Å²) in [6.07, 6.45) is 4.32. The van der Waals surface area contributed by atoms with Crippen LogP contribution >= 0.6 is 0 Å². The van der Waals surface area contributed by atoms with Gasteiger partial charge in [0.05, 0.1) is 23.9 Å². The Hall–Kier alpha value is -3.06. The molecule has 9 rings (SSSR count). The third-order valence-corrected chi connectivity index (χ3v) is 11.8. The lowest BCUT2D eigenvalue weighted by Crippen LogP contribution is -2.60. The number of likely N-dealkylation sites (tertiary alicyclic amines) is 3. The standard InChI is InChI=1S/C33H38N6/c1-37-18-15-31(21-9-4-6-13-25(21)34-28(31)37)23-11-8-12-24-27(23)36-30-33(24,17-20-39(30)3)32-16-19-38(2)29(32)35-26-14-7-5-10-22(26)32/h4-14,28-30,34-36H,15-20H2,1-3H3/t28-,29-,30+,31-,32+,33-/m0/s1. The minimum absolute atomic E-state index is 0.00961. The number of nitrogens with zero attached hydrogens (tertiary/aromatic N) is 3. The fraction of sp³-hybridized carbons (Fsp3) is 0.455. The van der Waals surface area contributed by atoms with Crippen molar-refractivity contribution in [1.29, 1.82) is 0 Å². The Morgan fingerprint density at radius 3 is 1.82 bits per heavy atom. The van der Waals surface area contributed by atoms with E-state index in [-0.39, 0.29) is 28.6 Å². The minimum Gasteiger partial charge on any atom is -0.369 e. The molecule has 3 saturated heterocycles. The first-order valence-corrected chi connectivity index (χ1v) is 14.8. The summed E-state index contributed by atoms with van der Waals surface area (Å²) in [7, 11) is 6.93. The van der Waals surface area contributed by atoms with E-state index in [1.54, 1.807) is 5.56 Å². The van der Waals surface area contributed by atoms with Crippen LogP contribution in [0.5, 0.6) is 0 Å². The molecule has 0 aromatic heterocycles. The summed E-state index contributed by atoms with van der Waals surface area (Å²) in [6, 6.07) is 25.5. The highest BCUT2D eigenvalue weighted by atomic mass is 15.4. The first kappa shape index (κ1) is 22.7. The predicted molar refractivity (Wildman–Crippen MR) is 157 cm³/mol. The van der Waals surface area contributed by atoms with E-state index in [0.717, 1.165) is 26.1 Å². The van der Waals surface area contributed by atoms with Gasteiger partial charge in [-0.3, -0.25) is 14.7 Å². The Morgan fingerprint density at radius 2 is 1.05 bits per heavy atom. The molecule has 6 heterocycles. The number of hydrogen-bond acceptors (Lipinski definition) is 6. The number of benzene rings is 3. The molecule has 0 unspecified atom stereocenters. The maximum atomic E-state index is 4.25. The van der Waals surface area contributed by atoms with Crippen molar-refractivity contribution < 1.29 is 0 Å². The molecule has 6 aliphatic rings. The Kier molecular flexibility index (Phi) is 4.29. The van der Waals surface area contributed by atoms with Crippen LogP contribution in [0.15, 0.2) is 66.7 Å². The Morgan fingerprint density at radius 1 is 0.538 bits per heavy atom. The molecule has 0 radical (unpaired) electrons. The second-order valence-corrected chi connectivity index (χ2v) is 13.1. The van der Waals surface area contributed by atoms with Gasteiger partial charge in [0.25, 0.3) is 0 Å². The fourth-order valence-corrected chi connectivity index (χ4v) is 10.3. The maximum absolute atomic E-state index is 4.25. The zero-order valence-electron chi connectivity index (χ0n) is 23.2. The number of likely N-dealkylation sites (N-methyl/N-ethyl adjacent to an activating group) is 3. The maximum Gasteiger partial charge on any atom is 0.0933 e. The predicted octanol–water partition coefficient (Wildman–Crippen LogP) is 4.41. The van der Waals surface area contributed by atoms with E-state index < -0.39 is 0 Å². The van der Waals surface area contributed by atoms with Crippen LogP contribution in [-0.4, -0.2) is 74.0 Å². The van der Waals surface area contributed by atoms with E-state index >= 15 is 0 Å². The lowest BCUT2D eigenvalue weighted by Gasteiger charge is -2.48. The Labute approximate surface area is 231 Å². The second-order valence-electron chi connectivity index (χ2n) is 13.1. The van der Waals surface area contributed by atoms with Crippen LogP contribution in [0.25, 0.3) is 0 Å². The molecule has 6 heteroatoms. The molecule has 3 N–H and O–H groups in total. The van der Waals surface area contributed by atoms with E-state index in [0.29, 0.717) is 6.17 Å². The molecular weight excluding hydrogens is 480 g/mol. The number of nitrogens with one attached hydrogen (secondary N) is 3. The van der Waals surface area contributed by atoms with Crippen molar-refractivity contribution >= 4 is 17.1 Å². The van der Waals surface area contributed by atoms with Crippen LogP contribution in [0.4, 0.5) is 17.1 Å². The van der Waals surface area contributed by atoms with Gasteiger partial charge >= 0.3 is 0 Å². The third kappa shape index (κ3) is 2.39. The molecule has 6 nitrogen and oxygen atoms in total. The first-order valence-electron chi connectivity index (χ1n) is 14.8. The van der Waals surface area contributed by atoms with Gasteiger partial charge in [-0.25, -0.2) is 0 Å². The van der Waals surface area contributed by atoms with Crippen molar-refractivity contribution in [3.63, 3.8) is 0 Å². The van der Waals surface area contributed by atoms with Gasteiger partial charge in [-0.1, -0.05) is 54.6 Å². The molecule has 0 aliphatic carbocycles. The molecule has 3 aromatic carbocycles. The molecule has 6 aliphatic heterocycles. The highest BCUT2D eigenvalue weighted by molar-refractivity contribution is 5.78. The molecule has 200 valence electrons. The molecule has 0 amide bonds. The molecule has 0 spiro atoms. The third-order valence-electron chi connectivity index (χ3n) is 11.8. The van der Waals surface area contributed by atoms with Crippen LogP contribution in [0.3, 0.4) is 0 Å². The van der Waals surface area contributed by atoms with Gasteiger partial charge in [0.15, 0.2) is 0 Å². The average molecular weight is 519 g/mol. The summed E-state index contributed by atoms with van der Waals surface area (Å²) in [5.74, 6) is 0. The lowest BCUT2D eigenvalue weighted by atomic mass is 9.54. The zero-order valence-corrected chi connectivity index (χ0v) is 23.2. The second kappa shape index (κ2) is 7.36. The van der Waals surface area contributed by atoms with Crippen molar-refractivity contribution in [2.24, 2.45) is 0 Å². The summed E-state index contributed by atoms with van der Waals surface area (Å²) < 4.78 is 0. The van der Waals surface area contributed by atoms with Crippen molar-refractivity contribution in [3.05, 3.63) is 89.0 Å². The first-order chi connectivity index (χ1) is 19.0. The smallest absolute Gasteiger partial charge is 0.0933 e. The quantitative estimate of drug-likeness (QED) is 0.467. The van der Waals surface area contributed by atoms with E-state index in [4.69, 9.17) is 0 Å². The number of fused-ring (bicyclic) bond motifs is 10. The van der Waals surface area contributed by atoms with Crippen molar-refractivity contribution in [1.82, 2.24) is 14.7 Å². The summed E-state index contributed by atoms with van der Waals surface area (Å²) in [4.78, 5) is 7.70. The molecule has 3 aromatic rings. The van der Waals surface area contributed by atoms with Gasteiger partial charge in [-0.15, -0.1) is 0 Å². The van der Waals surface area contributed by atoms with Gasteiger partial charge in [0, 0.05) is 47.5 Å². The molecule has 0 saturated carbocycles. The molecule has 0 bridgehead atoms. The van der Waals surface area contributed by atoms with Crippen molar-refractivity contribution in [2.45, 2.75) is 54.0 Å². The van der Waals surface area contributed by atoms with Gasteiger partial charge in [-0.2, -0.15) is 0 Å². The molecule has 6 atom stereocenters. The van der Waals surface area contributed by atoms with Crippen LogP contribution in [0, 0.1) is 0 Å². The average Bonchev–Trinajstić information content (AvgIpc) is 3.76. The molecule has 3 fully saturated rings. The monoisotopic (exact) mass is 518 g/mol. The summed E-state index contributed by atoms with van der Waals surface area (Å²) in [5.41, 5.74) is 9.96. The van der Waals surface area contributed by atoms with Crippen molar-refractivity contribution in [3.8, 4) is 0 Å². The number of anilines is 3. The lowest BCUT2D eigenvalue weighted by molar-refractivity contribution is 0.147. The fourth-order valence-electron chi connectivity index (χ4n) is 10.3. The SMILES string of the molecule is CN1CC[C@]2([C@@]34CCN(C)[C@@H]3Nc3ccccc34)c3cccc([C@@]45CCN(C)[C@@H]4Nc4ccccc45)c3N[C@H]12. The van der Waals surface area contributed by atoms with Gasteiger partial charge < -0.3 is 16.0 Å². The molecule has 39 heavy (non-hydrogen) atoms. The summed E-state index contributed by atoms with van der Waals surface area (Å²) in [6.45, 7) is 3.33. The van der Waals surface area contributed by atoms with Crippen LogP contribution < -0.4 is 16.0 Å². The Balaban J connectivity index is 1.31. The van der Waals surface area contributed by atoms with E-state index in [1.807, 2.05) is 0 Å². The van der Waals surface area contributed by atoms with Crippen LogP contribution in [-0.2, 0) is 16.2 Å². The number of rotatable bonds is 2. The number of hydrogen-bond donors (Lipinski definition) is 3. The Bertz CT molecular complexity index is 1520. The topological polar surface area (TPSA) is 45.8 Å². The van der Waals surface area contributed by atoms with Crippen LogP contribution in [0.1, 0.15) is 41.5 Å². The zero-order chi connectivity index (χ0) is 26.1. The molecular formula is C33H38N6. The largest absolute Gasteiger partial charge is 0.369 e. The van der Waals surface area contributed by atoms with E-state index in [9.17, 15) is 0 Å². The summed E-state index contributed by atoms with van der Waals surface area (Å²) in [5, 5.41) is 12.2.